The Bertz CT molecular complexity index is 525. The number of likely N-dealkylation sites (tertiary alicyclic amines) is 1. The van der Waals surface area contributed by atoms with Crippen molar-refractivity contribution in [2.24, 2.45) is 0 Å². The topological polar surface area (TPSA) is 61.8 Å². The molecular formula is C17H26N2O3. The molecule has 1 aromatic rings. The van der Waals surface area contributed by atoms with Crippen molar-refractivity contribution in [3.8, 4) is 5.75 Å². The molecule has 2 unspecified atom stereocenters. The van der Waals surface area contributed by atoms with E-state index in [-0.39, 0.29) is 23.9 Å². The number of rotatable bonds is 3. The number of aromatic hydroxyl groups is 1. The highest BCUT2D eigenvalue weighted by molar-refractivity contribution is 5.68. The van der Waals surface area contributed by atoms with Crippen LogP contribution >= 0.6 is 0 Å². The standard InChI is InChI=1S/C17H26N2O3/c1-12(13-6-5-7-15(20)10-13)18-14-8-9-19(11-14)16(21)22-17(2,3)4/h5-7,10,12,14,18,20H,8-9,11H2,1-4H3. The van der Waals surface area contributed by atoms with Crippen LogP contribution in [0, 0.1) is 0 Å². The zero-order valence-corrected chi connectivity index (χ0v) is 13.8. The Balaban J connectivity index is 1.87. The zero-order valence-electron chi connectivity index (χ0n) is 13.8. The van der Waals surface area contributed by atoms with Gasteiger partial charge in [0.15, 0.2) is 0 Å². The van der Waals surface area contributed by atoms with Crippen molar-refractivity contribution in [2.75, 3.05) is 13.1 Å². The average Bonchev–Trinajstić information content (AvgIpc) is 2.85. The van der Waals surface area contributed by atoms with E-state index in [0.29, 0.717) is 13.1 Å². The summed E-state index contributed by atoms with van der Waals surface area (Å²) in [6.45, 7) is 9.05. The highest BCUT2D eigenvalue weighted by Gasteiger charge is 2.30. The molecule has 2 N–H and O–H groups in total. The quantitative estimate of drug-likeness (QED) is 0.901. The van der Waals surface area contributed by atoms with Crippen LogP contribution in [0.3, 0.4) is 0 Å². The summed E-state index contributed by atoms with van der Waals surface area (Å²) in [4.78, 5) is 13.8. The summed E-state index contributed by atoms with van der Waals surface area (Å²) in [5.41, 5.74) is 0.577. The fourth-order valence-corrected chi connectivity index (χ4v) is 2.63. The van der Waals surface area contributed by atoms with E-state index in [1.54, 1.807) is 17.0 Å². The van der Waals surface area contributed by atoms with Gasteiger partial charge >= 0.3 is 6.09 Å². The molecule has 0 aliphatic carbocycles. The Morgan fingerprint density at radius 3 is 2.82 bits per heavy atom. The SMILES string of the molecule is CC(NC1CCN(C(=O)OC(C)(C)C)C1)c1cccc(O)c1. The third-order valence-corrected chi connectivity index (χ3v) is 3.70. The summed E-state index contributed by atoms with van der Waals surface area (Å²) in [6.07, 6.45) is 0.657. The number of nitrogens with zero attached hydrogens (tertiary/aromatic N) is 1. The van der Waals surface area contributed by atoms with Gasteiger partial charge in [-0.15, -0.1) is 0 Å². The molecule has 2 rings (SSSR count). The van der Waals surface area contributed by atoms with Gasteiger partial charge in [0.05, 0.1) is 0 Å². The van der Waals surface area contributed by atoms with Gasteiger partial charge in [0.2, 0.25) is 0 Å². The molecule has 1 aliphatic heterocycles. The van der Waals surface area contributed by atoms with Crippen molar-refractivity contribution in [2.45, 2.75) is 51.8 Å². The number of carbonyl (C=O) groups excluding carboxylic acids is 1. The number of ether oxygens (including phenoxy) is 1. The summed E-state index contributed by atoms with van der Waals surface area (Å²) in [7, 11) is 0. The van der Waals surface area contributed by atoms with E-state index < -0.39 is 5.60 Å². The van der Waals surface area contributed by atoms with E-state index in [0.717, 1.165) is 12.0 Å². The maximum Gasteiger partial charge on any atom is 0.410 e. The molecule has 0 bridgehead atoms. The zero-order chi connectivity index (χ0) is 16.3. The van der Waals surface area contributed by atoms with E-state index in [1.807, 2.05) is 32.9 Å². The predicted molar refractivity (Wildman–Crippen MR) is 85.9 cm³/mol. The maximum absolute atomic E-state index is 12.0. The van der Waals surface area contributed by atoms with Crippen LogP contribution in [0.25, 0.3) is 0 Å². The normalized spacial score (nSPS) is 20.0. The molecule has 2 atom stereocenters. The van der Waals surface area contributed by atoms with Crippen LogP contribution in [0.4, 0.5) is 4.79 Å². The van der Waals surface area contributed by atoms with Gasteiger partial charge in [-0.05, 0) is 51.8 Å². The highest BCUT2D eigenvalue weighted by Crippen LogP contribution is 2.21. The van der Waals surface area contributed by atoms with Crippen LogP contribution in [0.1, 0.15) is 45.7 Å². The smallest absolute Gasteiger partial charge is 0.410 e. The van der Waals surface area contributed by atoms with Crippen LogP contribution in [0.5, 0.6) is 5.75 Å². The second-order valence-electron chi connectivity index (χ2n) is 6.90. The molecule has 1 saturated heterocycles. The number of amides is 1. The van der Waals surface area contributed by atoms with Gasteiger partial charge in [0.1, 0.15) is 11.4 Å². The molecule has 0 spiro atoms. The van der Waals surface area contributed by atoms with Gasteiger partial charge in [-0.25, -0.2) is 4.79 Å². The first-order valence-electron chi connectivity index (χ1n) is 7.77. The molecule has 1 heterocycles. The second kappa shape index (κ2) is 6.57. The molecular weight excluding hydrogens is 280 g/mol. The summed E-state index contributed by atoms with van der Waals surface area (Å²) < 4.78 is 5.40. The van der Waals surface area contributed by atoms with E-state index in [9.17, 15) is 9.90 Å². The Morgan fingerprint density at radius 1 is 1.45 bits per heavy atom. The molecule has 5 heteroatoms. The largest absolute Gasteiger partial charge is 0.508 e. The summed E-state index contributed by atoms with van der Waals surface area (Å²) in [5, 5.41) is 13.1. The van der Waals surface area contributed by atoms with Crippen LogP contribution in [0.2, 0.25) is 0 Å². The molecule has 1 aliphatic rings. The molecule has 1 aromatic carbocycles. The van der Waals surface area contributed by atoms with Gasteiger partial charge < -0.3 is 20.1 Å². The lowest BCUT2D eigenvalue weighted by Gasteiger charge is -2.25. The van der Waals surface area contributed by atoms with Crippen molar-refractivity contribution in [3.05, 3.63) is 29.8 Å². The Labute approximate surface area is 132 Å². The van der Waals surface area contributed by atoms with E-state index >= 15 is 0 Å². The number of phenolic OH excluding ortho intramolecular Hbond substituents is 1. The molecule has 1 fully saturated rings. The maximum atomic E-state index is 12.0. The van der Waals surface area contributed by atoms with Crippen molar-refractivity contribution >= 4 is 6.09 Å². The third kappa shape index (κ3) is 4.63. The van der Waals surface area contributed by atoms with Gasteiger partial charge in [-0.1, -0.05) is 12.1 Å². The minimum atomic E-state index is -0.461. The number of nitrogens with one attached hydrogen (secondary N) is 1. The number of benzene rings is 1. The third-order valence-electron chi connectivity index (χ3n) is 3.70. The van der Waals surface area contributed by atoms with Crippen LogP contribution in [0.15, 0.2) is 24.3 Å². The van der Waals surface area contributed by atoms with Gasteiger partial charge in [0, 0.05) is 25.2 Å². The van der Waals surface area contributed by atoms with E-state index in [4.69, 9.17) is 4.74 Å². The first-order valence-corrected chi connectivity index (χ1v) is 7.77. The van der Waals surface area contributed by atoms with Crippen LogP contribution in [-0.4, -0.2) is 40.8 Å². The Hall–Kier alpha value is -1.75. The predicted octanol–water partition coefficient (Wildman–Crippen LogP) is 3.05. The molecule has 22 heavy (non-hydrogen) atoms. The lowest BCUT2D eigenvalue weighted by atomic mass is 10.1. The number of carbonyl (C=O) groups is 1. The first kappa shape index (κ1) is 16.6. The van der Waals surface area contributed by atoms with Crippen LogP contribution in [-0.2, 0) is 4.74 Å². The summed E-state index contributed by atoms with van der Waals surface area (Å²) >= 11 is 0. The fourth-order valence-electron chi connectivity index (χ4n) is 2.63. The van der Waals surface area contributed by atoms with Gasteiger partial charge in [-0.3, -0.25) is 0 Å². The first-order chi connectivity index (χ1) is 10.2. The number of hydrogen-bond donors (Lipinski definition) is 2. The van der Waals surface area contributed by atoms with Crippen molar-refractivity contribution in [3.63, 3.8) is 0 Å². The summed E-state index contributed by atoms with van der Waals surface area (Å²) in [5.74, 6) is 0.271. The molecule has 5 nitrogen and oxygen atoms in total. The van der Waals surface area contributed by atoms with Gasteiger partial charge in [0.25, 0.3) is 0 Å². The molecule has 1 amide bonds. The Morgan fingerprint density at radius 2 is 2.18 bits per heavy atom. The van der Waals surface area contributed by atoms with Crippen LogP contribution < -0.4 is 5.32 Å². The minimum absolute atomic E-state index is 0.121. The number of phenols is 1. The molecule has 0 radical (unpaired) electrons. The summed E-state index contributed by atoms with van der Waals surface area (Å²) in [6, 6.07) is 7.61. The highest BCUT2D eigenvalue weighted by atomic mass is 16.6. The molecule has 0 aromatic heterocycles. The lowest BCUT2D eigenvalue weighted by Crippen LogP contribution is -2.39. The van der Waals surface area contributed by atoms with Crippen molar-refractivity contribution < 1.29 is 14.6 Å². The van der Waals surface area contributed by atoms with Gasteiger partial charge in [-0.2, -0.15) is 0 Å². The fraction of sp³-hybridized carbons (Fsp3) is 0.588. The van der Waals surface area contributed by atoms with Crippen molar-refractivity contribution in [1.29, 1.82) is 0 Å². The molecule has 0 saturated carbocycles. The second-order valence-corrected chi connectivity index (χ2v) is 6.90. The molecule has 122 valence electrons. The minimum Gasteiger partial charge on any atom is -0.508 e. The monoisotopic (exact) mass is 306 g/mol. The lowest BCUT2D eigenvalue weighted by molar-refractivity contribution is 0.0290. The van der Waals surface area contributed by atoms with E-state index in [1.165, 1.54) is 0 Å². The average molecular weight is 306 g/mol. The number of hydrogen-bond acceptors (Lipinski definition) is 4. The Kier molecular flexibility index (Phi) is 4.96. The van der Waals surface area contributed by atoms with E-state index in [2.05, 4.69) is 12.2 Å². The van der Waals surface area contributed by atoms with Crippen molar-refractivity contribution in [1.82, 2.24) is 10.2 Å².